The number of pyridine rings is 1. The van der Waals surface area contributed by atoms with Crippen LogP contribution in [0.1, 0.15) is 49.4 Å². The summed E-state index contributed by atoms with van der Waals surface area (Å²) >= 11 is 0. The Hall–Kier alpha value is -1.56. The molecular weight excluding hydrogens is 222 g/mol. The van der Waals surface area contributed by atoms with Gasteiger partial charge in [0.15, 0.2) is 0 Å². The number of nitrogens with one attached hydrogen (secondary N) is 1. The normalized spacial score (nSPS) is 19.8. The number of rotatable bonds is 3. The predicted octanol–water partition coefficient (Wildman–Crippen LogP) is 3.04. The Labute approximate surface area is 108 Å². The van der Waals surface area contributed by atoms with Crippen molar-refractivity contribution >= 4 is 5.82 Å². The van der Waals surface area contributed by atoms with E-state index in [0.717, 1.165) is 25.2 Å². The number of nitrogens with zero attached hydrogens (tertiary/aromatic N) is 2. The van der Waals surface area contributed by atoms with E-state index in [-0.39, 0.29) is 0 Å². The quantitative estimate of drug-likeness (QED) is 0.884. The summed E-state index contributed by atoms with van der Waals surface area (Å²) in [5.74, 6) is 0.797. The molecule has 1 N–H and O–H groups in total. The van der Waals surface area contributed by atoms with E-state index >= 15 is 0 Å². The second kappa shape index (κ2) is 4.28. The topological polar surface area (TPSA) is 48.7 Å². The van der Waals surface area contributed by atoms with Gasteiger partial charge in [0.25, 0.3) is 0 Å². The summed E-state index contributed by atoms with van der Waals surface area (Å²) in [4.78, 5) is 4.68. The van der Waals surface area contributed by atoms with E-state index in [9.17, 15) is 5.26 Å². The van der Waals surface area contributed by atoms with Gasteiger partial charge in [-0.1, -0.05) is 6.92 Å². The van der Waals surface area contributed by atoms with Gasteiger partial charge in [0, 0.05) is 12.2 Å². The zero-order valence-electron chi connectivity index (χ0n) is 10.9. The maximum absolute atomic E-state index is 9.24. The van der Waals surface area contributed by atoms with E-state index in [1.54, 1.807) is 0 Å². The third kappa shape index (κ3) is 2.20. The molecule has 3 heteroatoms. The molecule has 2 aliphatic carbocycles. The summed E-state index contributed by atoms with van der Waals surface area (Å²) in [6.45, 7) is 3.22. The van der Waals surface area contributed by atoms with E-state index in [0.29, 0.717) is 11.0 Å². The van der Waals surface area contributed by atoms with Crippen LogP contribution < -0.4 is 5.32 Å². The monoisotopic (exact) mass is 241 g/mol. The van der Waals surface area contributed by atoms with Crippen LogP contribution in [0.2, 0.25) is 0 Å². The second-order valence-corrected chi connectivity index (χ2v) is 5.97. The first-order chi connectivity index (χ1) is 8.70. The van der Waals surface area contributed by atoms with Crippen molar-refractivity contribution in [1.82, 2.24) is 4.98 Å². The molecule has 18 heavy (non-hydrogen) atoms. The van der Waals surface area contributed by atoms with Gasteiger partial charge in [-0.3, -0.25) is 0 Å². The molecule has 2 aliphatic rings. The van der Waals surface area contributed by atoms with Crippen LogP contribution in [0.4, 0.5) is 5.82 Å². The lowest BCUT2D eigenvalue weighted by Crippen LogP contribution is -2.16. The molecule has 3 nitrogen and oxygen atoms in total. The van der Waals surface area contributed by atoms with Crippen LogP contribution in [0.15, 0.2) is 6.07 Å². The molecule has 1 saturated carbocycles. The lowest BCUT2D eigenvalue weighted by Gasteiger charge is -2.18. The van der Waals surface area contributed by atoms with Crippen molar-refractivity contribution in [1.29, 1.82) is 5.26 Å². The van der Waals surface area contributed by atoms with Crippen LogP contribution in [0, 0.1) is 16.7 Å². The fourth-order valence-corrected chi connectivity index (χ4v) is 2.54. The Morgan fingerprint density at radius 2 is 2.17 bits per heavy atom. The predicted molar refractivity (Wildman–Crippen MR) is 71.4 cm³/mol. The summed E-state index contributed by atoms with van der Waals surface area (Å²) in [7, 11) is 0. The number of aromatic nitrogens is 1. The third-order valence-electron chi connectivity index (χ3n) is 4.21. The average Bonchev–Trinajstić information content (AvgIpc) is 3.14. The van der Waals surface area contributed by atoms with Crippen LogP contribution in [-0.4, -0.2) is 11.5 Å². The van der Waals surface area contributed by atoms with Gasteiger partial charge in [-0.25, -0.2) is 4.98 Å². The standard InChI is InChI=1S/C15H19N3/c1-15(6-7-15)10-17-14-12(9-16)8-11-4-2-3-5-13(11)18-14/h8H,2-7,10H2,1H3,(H,17,18). The Morgan fingerprint density at radius 1 is 1.39 bits per heavy atom. The van der Waals surface area contributed by atoms with E-state index in [4.69, 9.17) is 0 Å². The summed E-state index contributed by atoms with van der Waals surface area (Å²) < 4.78 is 0. The molecule has 1 fully saturated rings. The van der Waals surface area contributed by atoms with Gasteiger partial charge >= 0.3 is 0 Å². The number of hydrogen-bond acceptors (Lipinski definition) is 3. The zero-order chi connectivity index (χ0) is 12.6. The number of fused-ring (bicyclic) bond motifs is 1. The molecule has 94 valence electrons. The second-order valence-electron chi connectivity index (χ2n) is 5.97. The van der Waals surface area contributed by atoms with Crippen LogP contribution in [0.5, 0.6) is 0 Å². The number of anilines is 1. The van der Waals surface area contributed by atoms with Gasteiger partial charge in [0.05, 0.1) is 5.56 Å². The first-order valence-electron chi connectivity index (χ1n) is 6.87. The molecule has 0 aliphatic heterocycles. The van der Waals surface area contributed by atoms with Crippen LogP contribution >= 0.6 is 0 Å². The molecule has 0 atom stereocenters. The zero-order valence-corrected chi connectivity index (χ0v) is 10.9. The molecular formula is C15H19N3. The highest BCUT2D eigenvalue weighted by Gasteiger charge is 2.37. The summed E-state index contributed by atoms with van der Waals surface area (Å²) in [5.41, 5.74) is 3.62. The van der Waals surface area contributed by atoms with E-state index in [1.165, 1.54) is 36.9 Å². The average molecular weight is 241 g/mol. The maximum Gasteiger partial charge on any atom is 0.144 e. The first-order valence-corrected chi connectivity index (χ1v) is 6.87. The fraction of sp³-hybridized carbons (Fsp3) is 0.600. The molecule has 0 spiro atoms. The third-order valence-corrected chi connectivity index (χ3v) is 4.21. The van der Waals surface area contributed by atoms with Crippen molar-refractivity contribution in [2.75, 3.05) is 11.9 Å². The van der Waals surface area contributed by atoms with Crippen molar-refractivity contribution in [3.8, 4) is 6.07 Å². The lowest BCUT2D eigenvalue weighted by atomic mass is 9.95. The molecule has 1 heterocycles. The van der Waals surface area contributed by atoms with Gasteiger partial charge in [0.1, 0.15) is 11.9 Å². The highest BCUT2D eigenvalue weighted by atomic mass is 15.0. The summed E-state index contributed by atoms with van der Waals surface area (Å²) in [6, 6.07) is 4.32. The van der Waals surface area contributed by atoms with Gasteiger partial charge in [-0.15, -0.1) is 0 Å². The lowest BCUT2D eigenvalue weighted by molar-refractivity contribution is 0.607. The van der Waals surface area contributed by atoms with Crippen molar-refractivity contribution < 1.29 is 0 Å². The highest BCUT2D eigenvalue weighted by molar-refractivity contribution is 5.54. The van der Waals surface area contributed by atoms with E-state index < -0.39 is 0 Å². The van der Waals surface area contributed by atoms with Crippen molar-refractivity contribution in [2.45, 2.75) is 45.4 Å². The van der Waals surface area contributed by atoms with Gasteiger partial charge in [0.2, 0.25) is 0 Å². The molecule has 0 aromatic carbocycles. The minimum Gasteiger partial charge on any atom is -0.368 e. The van der Waals surface area contributed by atoms with Gasteiger partial charge in [-0.05, 0) is 55.6 Å². The van der Waals surface area contributed by atoms with Crippen molar-refractivity contribution in [3.05, 3.63) is 22.9 Å². The van der Waals surface area contributed by atoms with E-state index in [1.807, 2.05) is 6.07 Å². The Morgan fingerprint density at radius 3 is 2.89 bits per heavy atom. The molecule has 0 unspecified atom stereocenters. The van der Waals surface area contributed by atoms with Crippen LogP contribution in [0.25, 0.3) is 0 Å². The van der Waals surface area contributed by atoms with Crippen molar-refractivity contribution in [3.63, 3.8) is 0 Å². The first kappa shape index (κ1) is 11.5. The minimum absolute atomic E-state index is 0.435. The molecule has 1 aromatic rings. The smallest absolute Gasteiger partial charge is 0.144 e. The van der Waals surface area contributed by atoms with Gasteiger partial charge in [-0.2, -0.15) is 5.26 Å². The molecule has 1 aromatic heterocycles. The summed E-state index contributed by atoms with van der Waals surface area (Å²) in [5, 5.41) is 12.6. The number of aryl methyl sites for hydroxylation is 2. The van der Waals surface area contributed by atoms with Gasteiger partial charge < -0.3 is 5.32 Å². The molecule has 0 radical (unpaired) electrons. The summed E-state index contributed by atoms with van der Waals surface area (Å²) in [6.07, 6.45) is 7.16. The Bertz CT molecular complexity index is 509. The SMILES string of the molecule is CC1(CNc2nc3c(cc2C#N)CCCC3)CC1. The Kier molecular flexibility index (Phi) is 2.74. The molecule has 0 saturated heterocycles. The minimum atomic E-state index is 0.435. The maximum atomic E-state index is 9.24. The molecule has 0 bridgehead atoms. The van der Waals surface area contributed by atoms with Crippen molar-refractivity contribution in [2.24, 2.45) is 5.41 Å². The van der Waals surface area contributed by atoms with E-state index in [2.05, 4.69) is 23.3 Å². The Balaban J connectivity index is 1.85. The largest absolute Gasteiger partial charge is 0.368 e. The number of nitriles is 1. The van der Waals surface area contributed by atoms with Crippen LogP contribution in [-0.2, 0) is 12.8 Å². The number of hydrogen-bond donors (Lipinski definition) is 1. The fourth-order valence-electron chi connectivity index (χ4n) is 2.54. The molecule has 0 amide bonds. The molecule has 3 rings (SSSR count). The highest BCUT2D eigenvalue weighted by Crippen LogP contribution is 2.44. The van der Waals surface area contributed by atoms with Crippen LogP contribution in [0.3, 0.4) is 0 Å².